The van der Waals surface area contributed by atoms with Crippen molar-refractivity contribution in [3.63, 3.8) is 0 Å². The number of hydrazine groups is 1. The summed E-state index contributed by atoms with van der Waals surface area (Å²) >= 11 is 0. The first kappa shape index (κ1) is 15.2. The van der Waals surface area contributed by atoms with E-state index in [-0.39, 0.29) is 10.8 Å². The number of aryl methyl sites for hydroxylation is 1. The number of hydrogen-bond donors (Lipinski definition) is 2. The third-order valence-corrected chi connectivity index (χ3v) is 4.81. The summed E-state index contributed by atoms with van der Waals surface area (Å²) in [4.78, 5) is 7.69. The van der Waals surface area contributed by atoms with Crippen LogP contribution in [0.15, 0.2) is 41.6 Å². The summed E-state index contributed by atoms with van der Waals surface area (Å²) in [5.74, 6) is 5.32. The van der Waals surface area contributed by atoms with Gasteiger partial charge in [0.15, 0.2) is 0 Å². The molecule has 0 aliphatic heterocycles. The van der Waals surface area contributed by atoms with E-state index in [2.05, 4.69) is 15.4 Å². The van der Waals surface area contributed by atoms with Crippen LogP contribution in [-0.4, -0.2) is 24.9 Å². The molecule has 0 bridgehead atoms. The van der Waals surface area contributed by atoms with Crippen LogP contribution in [0.25, 0.3) is 0 Å². The summed E-state index contributed by atoms with van der Waals surface area (Å²) in [6.07, 6.45) is 2.46. The first-order valence-electron chi connectivity index (χ1n) is 6.37. The number of sulfonamides is 1. The summed E-state index contributed by atoms with van der Waals surface area (Å²) in [7, 11) is -3.70. The van der Waals surface area contributed by atoms with Gasteiger partial charge in [0.1, 0.15) is 4.90 Å². The Morgan fingerprint density at radius 3 is 2.24 bits per heavy atom. The van der Waals surface area contributed by atoms with Crippen LogP contribution in [-0.2, 0) is 10.0 Å². The highest BCUT2D eigenvalue weighted by molar-refractivity contribution is 7.92. The van der Waals surface area contributed by atoms with Gasteiger partial charge in [0.2, 0.25) is 5.95 Å². The fraction of sp³-hybridized carbons (Fsp3) is 0.231. The van der Waals surface area contributed by atoms with Gasteiger partial charge in [-0.3, -0.25) is 9.73 Å². The lowest BCUT2D eigenvalue weighted by Gasteiger charge is -2.22. The summed E-state index contributed by atoms with van der Waals surface area (Å²) < 4.78 is 26.6. The van der Waals surface area contributed by atoms with Crippen LogP contribution in [0.1, 0.15) is 12.5 Å². The molecule has 0 aliphatic rings. The van der Waals surface area contributed by atoms with Crippen molar-refractivity contribution in [1.29, 1.82) is 0 Å². The van der Waals surface area contributed by atoms with Gasteiger partial charge < -0.3 is 0 Å². The van der Waals surface area contributed by atoms with E-state index in [1.165, 1.54) is 16.7 Å². The Morgan fingerprint density at radius 1 is 1.19 bits per heavy atom. The second-order valence-corrected chi connectivity index (χ2v) is 6.25. The maximum Gasteiger partial charge on any atom is 0.267 e. The van der Waals surface area contributed by atoms with Crippen molar-refractivity contribution in [2.45, 2.75) is 18.7 Å². The second kappa shape index (κ2) is 6.06. The van der Waals surface area contributed by atoms with Crippen molar-refractivity contribution in [2.24, 2.45) is 5.84 Å². The molecule has 21 heavy (non-hydrogen) atoms. The molecule has 2 aromatic rings. The molecule has 112 valence electrons. The summed E-state index contributed by atoms with van der Waals surface area (Å²) in [5.41, 5.74) is 3.92. The Hall–Kier alpha value is -2.19. The fourth-order valence-electron chi connectivity index (χ4n) is 1.85. The molecule has 0 aliphatic carbocycles. The van der Waals surface area contributed by atoms with Crippen LogP contribution < -0.4 is 15.6 Å². The van der Waals surface area contributed by atoms with E-state index in [0.29, 0.717) is 12.2 Å². The van der Waals surface area contributed by atoms with E-state index in [0.717, 1.165) is 5.56 Å². The number of benzene rings is 1. The quantitative estimate of drug-likeness (QED) is 0.637. The second-order valence-electron chi connectivity index (χ2n) is 4.39. The van der Waals surface area contributed by atoms with Crippen molar-refractivity contribution in [3.8, 4) is 0 Å². The normalized spacial score (nSPS) is 11.2. The van der Waals surface area contributed by atoms with Gasteiger partial charge in [0.25, 0.3) is 10.0 Å². The van der Waals surface area contributed by atoms with Crippen LogP contribution in [0.5, 0.6) is 0 Å². The Morgan fingerprint density at radius 2 is 1.76 bits per heavy atom. The number of aromatic nitrogens is 2. The van der Waals surface area contributed by atoms with Gasteiger partial charge in [-0.2, -0.15) is 0 Å². The van der Waals surface area contributed by atoms with Gasteiger partial charge in [-0.15, -0.1) is 0 Å². The van der Waals surface area contributed by atoms with E-state index in [1.54, 1.807) is 19.1 Å². The average molecular weight is 307 g/mol. The molecule has 0 saturated carbocycles. The molecule has 0 saturated heterocycles. The van der Waals surface area contributed by atoms with Crippen LogP contribution in [0, 0.1) is 6.92 Å². The third-order valence-electron chi connectivity index (χ3n) is 2.95. The molecule has 0 amide bonds. The van der Waals surface area contributed by atoms with E-state index >= 15 is 0 Å². The highest BCUT2D eigenvalue weighted by atomic mass is 32.2. The van der Waals surface area contributed by atoms with Gasteiger partial charge in [0.05, 0.1) is 18.1 Å². The monoisotopic (exact) mass is 307 g/mol. The zero-order chi connectivity index (χ0) is 15.5. The van der Waals surface area contributed by atoms with Gasteiger partial charge in [-0.05, 0) is 26.0 Å². The third kappa shape index (κ3) is 3.11. The minimum absolute atomic E-state index is 0.0175. The van der Waals surface area contributed by atoms with Gasteiger partial charge in [-0.25, -0.2) is 24.2 Å². The Balaban J connectivity index is 2.41. The molecule has 1 aromatic heterocycles. The molecule has 2 rings (SSSR count). The minimum atomic E-state index is -3.70. The Kier molecular flexibility index (Phi) is 4.39. The number of rotatable bonds is 5. The molecular weight excluding hydrogens is 290 g/mol. The van der Waals surface area contributed by atoms with E-state index in [1.807, 2.05) is 19.1 Å². The molecule has 3 N–H and O–H groups in total. The first-order valence-corrected chi connectivity index (χ1v) is 7.81. The minimum Gasteiger partial charge on any atom is -0.292 e. The molecule has 0 unspecified atom stereocenters. The van der Waals surface area contributed by atoms with Crippen LogP contribution in [0.3, 0.4) is 0 Å². The topological polar surface area (TPSA) is 101 Å². The van der Waals surface area contributed by atoms with Gasteiger partial charge in [0, 0.05) is 6.54 Å². The van der Waals surface area contributed by atoms with E-state index in [9.17, 15) is 8.42 Å². The molecule has 0 radical (unpaired) electrons. The summed E-state index contributed by atoms with van der Waals surface area (Å²) in [6.45, 7) is 4.03. The van der Waals surface area contributed by atoms with Crippen molar-refractivity contribution in [1.82, 2.24) is 9.97 Å². The number of hydrogen-bond acceptors (Lipinski definition) is 6. The summed E-state index contributed by atoms with van der Waals surface area (Å²) in [5, 5.41) is 0. The Labute approximate surface area is 123 Å². The Bertz CT molecular complexity index is 698. The van der Waals surface area contributed by atoms with Crippen molar-refractivity contribution < 1.29 is 8.42 Å². The zero-order valence-corrected chi connectivity index (χ0v) is 12.6. The highest BCUT2D eigenvalue weighted by Gasteiger charge is 2.24. The molecule has 1 heterocycles. The summed E-state index contributed by atoms with van der Waals surface area (Å²) in [6, 6.07) is 7.27. The largest absolute Gasteiger partial charge is 0.292 e. The number of nitrogens with zero attached hydrogens (tertiary/aromatic N) is 3. The number of nitrogen functional groups attached to an aromatic ring is 1. The lowest BCUT2D eigenvalue weighted by molar-refractivity contribution is 0.591. The molecule has 8 heteroatoms. The molecule has 7 nitrogen and oxygen atoms in total. The average Bonchev–Trinajstić information content (AvgIpc) is 2.50. The number of anilines is 2. The van der Waals surface area contributed by atoms with Gasteiger partial charge in [-0.1, -0.05) is 17.7 Å². The van der Waals surface area contributed by atoms with Crippen molar-refractivity contribution in [3.05, 3.63) is 42.2 Å². The number of nitrogens with one attached hydrogen (secondary N) is 1. The highest BCUT2D eigenvalue weighted by Crippen LogP contribution is 2.23. The maximum atomic E-state index is 12.6. The molecule has 1 aromatic carbocycles. The van der Waals surface area contributed by atoms with Crippen LogP contribution in [0.2, 0.25) is 0 Å². The lowest BCUT2D eigenvalue weighted by atomic mass is 10.2. The SMILES string of the molecule is CCN(c1ccc(C)cc1)S(=O)(=O)c1cnc(NN)nc1. The first-order chi connectivity index (χ1) is 9.98. The van der Waals surface area contributed by atoms with E-state index in [4.69, 9.17) is 5.84 Å². The standard InChI is InChI=1S/C13H17N5O2S/c1-3-18(11-6-4-10(2)5-7-11)21(19,20)12-8-15-13(17-14)16-9-12/h4-9H,3,14H2,1-2H3,(H,15,16,17). The fourth-order valence-corrected chi connectivity index (χ4v) is 3.22. The van der Waals surface area contributed by atoms with Gasteiger partial charge >= 0.3 is 0 Å². The predicted molar refractivity (Wildman–Crippen MR) is 81.2 cm³/mol. The van der Waals surface area contributed by atoms with Crippen LogP contribution in [0.4, 0.5) is 11.6 Å². The maximum absolute atomic E-state index is 12.6. The lowest BCUT2D eigenvalue weighted by Crippen LogP contribution is -2.31. The number of nitrogens with two attached hydrogens (primary N) is 1. The molecule has 0 atom stereocenters. The smallest absolute Gasteiger partial charge is 0.267 e. The van der Waals surface area contributed by atoms with Crippen molar-refractivity contribution >= 4 is 21.7 Å². The molecular formula is C13H17N5O2S. The molecule has 0 fully saturated rings. The predicted octanol–water partition coefficient (Wildman–Crippen LogP) is 1.29. The molecule has 0 spiro atoms. The van der Waals surface area contributed by atoms with E-state index < -0.39 is 10.0 Å². The van der Waals surface area contributed by atoms with Crippen LogP contribution >= 0.6 is 0 Å². The van der Waals surface area contributed by atoms with Crippen molar-refractivity contribution in [2.75, 3.05) is 16.3 Å². The zero-order valence-electron chi connectivity index (χ0n) is 11.8.